The molecule has 0 aliphatic heterocycles. The molecule has 7 rings (SSSR count). The Hall–Kier alpha value is -3.38. The molecular formula is C33H30ClF2N3O. The van der Waals surface area contributed by atoms with Gasteiger partial charge in [-0.2, -0.15) is 0 Å². The minimum absolute atomic E-state index is 0.0925. The SMILES string of the molecule is Cc1nc2c(OC3CC3)cc(C=NCC(c3cc(C4CC4)c(F)c(-c4ccc(F)cc4)n3)C3CC3)cc2cc1Cl. The van der Waals surface area contributed by atoms with E-state index in [0.717, 1.165) is 77.7 Å². The molecule has 204 valence electrons. The minimum atomic E-state index is -0.347. The number of halogens is 3. The zero-order valence-corrected chi connectivity index (χ0v) is 23.1. The van der Waals surface area contributed by atoms with Crippen LogP contribution < -0.4 is 4.74 Å². The lowest BCUT2D eigenvalue weighted by molar-refractivity contribution is 0.306. The van der Waals surface area contributed by atoms with Crippen molar-refractivity contribution in [2.75, 3.05) is 6.54 Å². The van der Waals surface area contributed by atoms with Crippen molar-refractivity contribution in [3.63, 3.8) is 0 Å². The highest BCUT2D eigenvalue weighted by atomic mass is 35.5. The normalized spacial score (nSPS) is 18.0. The molecule has 3 aliphatic rings. The van der Waals surface area contributed by atoms with E-state index >= 15 is 4.39 Å². The fraction of sp³-hybridized carbons (Fsp3) is 0.364. The first-order chi connectivity index (χ1) is 19.4. The third-order valence-corrected chi connectivity index (χ3v) is 8.49. The Morgan fingerprint density at radius 3 is 2.48 bits per heavy atom. The molecule has 3 saturated carbocycles. The van der Waals surface area contributed by atoms with Crippen molar-refractivity contribution in [2.45, 2.75) is 63.4 Å². The van der Waals surface area contributed by atoms with Gasteiger partial charge in [-0.15, -0.1) is 0 Å². The van der Waals surface area contributed by atoms with E-state index < -0.39 is 0 Å². The molecule has 0 radical (unpaired) electrons. The second kappa shape index (κ2) is 10.2. The molecule has 1 unspecified atom stereocenters. The zero-order valence-electron chi connectivity index (χ0n) is 22.3. The summed E-state index contributed by atoms with van der Waals surface area (Å²) < 4.78 is 35.4. The number of aliphatic imine (C=N–C) groups is 1. The maximum atomic E-state index is 15.6. The zero-order chi connectivity index (χ0) is 27.4. The van der Waals surface area contributed by atoms with Crippen molar-refractivity contribution in [3.05, 3.63) is 87.7 Å². The van der Waals surface area contributed by atoms with Gasteiger partial charge >= 0.3 is 0 Å². The Bertz CT molecular complexity index is 1630. The van der Waals surface area contributed by atoms with E-state index in [0.29, 0.717) is 28.7 Å². The van der Waals surface area contributed by atoms with Gasteiger partial charge in [0.05, 0.1) is 16.8 Å². The largest absolute Gasteiger partial charge is 0.488 e. The summed E-state index contributed by atoms with van der Waals surface area (Å²) in [7, 11) is 0. The number of ether oxygens (including phenoxy) is 1. The van der Waals surface area contributed by atoms with Crippen molar-refractivity contribution in [2.24, 2.45) is 10.9 Å². The van der Waals surface area contributed by atoms with Crippen LogP contribution in [-0.2, 0) is 0 Å². The lowest BCUT2D eigenvalue weighted by Crippen LogP contribution is -2.11. The second-order valence-corrected chi connectivity index (χ2v) is 11.9. The molecule has 3 aliphatic carbocycles. The van der Waals surface area contributed by atoms with E-state index in [-0.39, 0.29) is 29.6 Å². The number of aryl methyl sites for hydroxylation is 1. The number of rotatable bonds is 9. The van der Waals surface area contributed by atoms with Crippen LogP contribution in [0.4, 0.5) is 8.78 Å². The van der Waals surface area contributed by atoms with Crippen molar-refractivity contribution >= 4 is 28.7 Å². The van der Waals surface area contributed by atoms with Crippen LogP contribution in [0, 0.1) is 24.5 Å². The van der Waals surface area contributed by atoms with Gasteiger partial charge in [-0.1, -0.05) is 11.6 Å². The molecule has 7 heteroatoms. The topological polar surface area (TPSA) is 47.4 Å². The summed E-state index contributed by atoms with van der Waals surface area (Å²) in [5, 5.41) is 1.55. The lowest BCUT2D eigenvalue weighted by Gasteiger charge is -2.18. The molecule has 0 saturated heterocycles. The number of benzene rings is 2. The standard InChI is InChI=1S/C33H30ClF2N3O/c1-18-28(34)14-23-12-19(13-30(32(23)38-18)40-25-10-11-25)16-37-17-27(21-4-5-21)29-15-26(20-2-3-20)31(36)33(39-29)22-6-8-24(35)9-7-22/h6-9,12-16,20-21,25,27H,2-5,10-11,17H2,1H3. The average molecular weight is 558 g/mol. The summed E-state index contributed by atoms with van der Waals surface area (Å²) in [5.74, 6) is 0.932. The molecule has 0 N–H and O–H groups in total. The Morgan fingerprint density at radius 1 is 1.00 bits per heavy atom. The number of aromatic nitrogens is 2. The van der Waals surface area contributed by atoms with E-state index in [1.807, 2.05) is 37.4 Å². The van der Waals surface area contributed by atoms with Crippen LogP contribution in [0.15, 0.2) is 53.5 Å². The van der Waals surface area contributed by atoms with Gasteiger partial charge in [0.1, 0.15) is 22.8 Å². The van der Waals surface area contributed by atoms with Crippen LogP contribution in [-0.4, -0.2) is 28.8 Å². The van der Waals surface area contributed by atoms with Gasteiger partial charge in [-0.25, -0.2) is 18.7 Å². The second-order valence-electron chi connectivity index (χ2n) is 11.5. The van der Waals surface area contributed by atoms with E-state index in [2.05, 4.69) is 4.98 Å². The quantitative estimate of drug-likeness (QED) is 0.194. The highest BCUT2D eigenvalue weighted by molar-refractivity contribution is 6.31. The maximum absolute atomic E-state index is 15.6. The van der Waals surface area contributed by atoms with Gasteiger partial charge < -0.3 is 4.74 Å². The molecule has 1 atom stereocenters. The van der Waals surface area contributed by atoms with E-state index in [4.69, 9.17) is 26.3 Å². The van der Waals surface area contributed by atoms with Gasteiger partial charge in [-0.05, 0) is 117 Å². The Labute approximate surface area is 237 Å². The summed E-state index contributed by atoms with van der Waals surface area (Å²) in [4.78, 5) is 14.4. The first kappa shape index (κ1) is 25.6. The lowest BCUT2D eigenvalue weighted by atomic mass is 9.95. The molecule has 4 aromatic rings. The van der Waals surface area contributed by atoms with Crippen molar-refractivity contribution in [1.82, 2.24) is 9.97 Å². The molecule has 0 amide bonds. The summed E-state index contributed by atoms with van der Waals surface area (Å²) >= 11 is 6.39. The number of hydrogen-bond acceptors (Lipinski definition) is 4. The van der Waals surface area contributed by atoms with Crippen molar-refractivity contribution < 1.29 is 13.5 Å². The average Bonchev–Trinajstić information content (AvgIpc) is 3.79. The van der Waals surface area contributed by atoms with Crippen LogP contribution >= 0.6 is 11.6 Å². The highest BCUT2D eigenvalue weighted by Crippen LogP contribution is 2.47. The molecule has 40 heavy (non-hydrogen) atoms. The molecule has 2 aromatic heterocycles. The van der Waals surface area contributed by atoms with Crippen molar-refractivity contribution in [3.8, 4) is 17.0 Å². The summed E-state index contributed by atoms with van der Waals surface area (Å²) in [6.07, 6.45) is 8.45. The monoisotopic (exact) mass is 557 g/mol. The van der Waals surface area contributed by atoms with Gasteiger partial charge in [0, 0.05) is 35.3 Å². The summed E-state index contributed by atoms with van der Waals surface area (Å²) in [6, 6.07) is 13.9. The summed E-state index contributed by atoms with van der Waals surface area (Å²) in [6.45, 7) is 2.45. The highest BCUT2D eigenvalue weighted by Gasteiger charge is 2.36. The third kappa shape index (κ3) is 5.34. The van der Waals surface area contributed by atoms with Gasteiger partial charge in [0.15, 0.2) is 5.82 Å². The first-order valence-corrected chi connectivity index (χ1v) is 14.5. The third-order valence-electron chi connectivity index (χ3n) is 8.11. The van der Waals surface area contributed by atoms with Gasteiger partial charge in [-0.3, -0.25) is 4.99 Å². The van der Waals surface area contributed by atoms with Crippen molar-refractivity contribution in [1.29, 1.82) is 0 Å². The molecule has 2 aromatic carbocycles. The number of hydrogen-bond donors (Lipinski definition) is 0. The number of pyridine rings is 2. The molecular weight excluding hydrogens is 528 g/mol. The predicted molar refractivity (Wildman–Crippen MR) is 155 cm³/mol. The minimum Gasteiger partial charge on any atom is -0.488 e. The Balaban J connectivity index is 1.21. The molecule has 0 spiro atoms. The van der Waals surface area contributed by atoms with Gasteiger partial charge in [0.2, 0.25) is 0 Å². The summed E-state index contributed by atoms with van der Waals surface area (Å²) in [5.41, 5.74) is 5.05. The molecule has 3 fully saturated rings. The Kier molecular flexibility index (Phi) is 6.54. The van der Waals surface area contributed by atoms with E-state index in [9.17, 15) is 4.39 Å². The fourth-order valence-electron chi connectivity index (χ4n) is 5.38. The number of fused-ring (bicyclic) bond motifs is 1. The maximum Gasteiger partial charge on any atom is 0.152 e. The predicted octanol–water partition coefficient (Wildman–Crippen LogP) is 8.57. The Morgan fingerprint density at radius 2 is 1.77 bits per heavy atom. The van der Waals surface area contributed by atoms with Crippen LogP contribution in [0.5, 0.6) is 5.75 Å². The first-order valence-electron chi connectivity index (χ1n) is 14.2. The molecule has 0 bridgehead atoms. The van der Waals surface area contributed by atoms with Crippen LogP contribution in [0.1, 0.15) is 72.9 Å². The fourth-order valence-corrected chi connectivity index (χ4v) is 5.54. The molecule has 4 nitrogen and oxygen atoms in total. The van der Waals surface area contributed by atoms with Crippen LogP contribution in [0.2, 0.25) is 5.02 Å². The smallest absolute Gasteiger partial charge is 0.152 e. The van der Waals surface area contributed by atoms with E-state index in [1.54, 1.807) is 12.1 Å². The van der Waals surface area contributed by atoms with Crippen LogP contribution in [0.25, 0.3) is 22.2 Å². The number of nitrogens with zero attached hydrogens (tertiary/aromatic N) is 3. The van der Waals surface area contributed by atoms with E-state index in [1.165, 1.54) is 12.1 Å². The van der Waals surface area contributed by atoms with Gasteiger partial charge in [0.25, 0.3) is 0 Å². The van der Waals surface area contributed by atoms with Crippen LogP contribution in [0.3, 0.4) is 0 Å². The molecule has 2 heterocycles.